The predicted octanol–water partition coefficient (Wildman–Crippen LogP) is 4.89. The van der Waals surface area contributed by atoms with Gasteiger partial charge in [0.2, 0.25) is 0 Å². The number of ether oxygens (including phenoxy) is 1. The molecule has 1 rings (SSSR count). The summed E-state index contributed by atoms with van der Waals surface area (Å²) in [6.07, 6.45) is 5.11. The van der Waals surface area contributed by atoms with Crippen molar-refractivity contribution in [3.05, 3.63) is 41.2 Å². The number of carbonyl (C=O) groups excluding carboxylic acids is 1. The molecule has 5 heteroatoms. The number of nitrogens with zero attached hydrogens (tertiary/aromatic N) is 3. The average molecular weight is 388 g/mol. The molecular weight excluding hydrogens is 350 g/mol. The summed E-state index contributed by atoms with van der Waals surface area (Å²) in [4.78, 5) is 20.1. The Hall–Kier alpha value is -1.90. The molecule has 0 aliphatic heterocycles. The lowest BCUT2D eigenvalue weighted by atomic mass is 10.1. The van der Waals surface area contributed by atoms with E-state index in [0.717, 1.165) is 26.1 Å². The maximum absolute atomic E-state index is 11.8. The van der Waals surface area contributed by atoms with Crippen molar-refractivity contribution in [3.8, 4) is 0 Å². The van der Waals surface area contributed by atoms with Crippen LogP contribution in [0, 0.1) is 6.57 Å². The summed E-state index contributed by atoms with van der Waals surface area (Å²) in [5.74, 6) is -0.132. The number of carbonyl (C=O) groups is 1. The number of unbranched alkanes of at least 4 members (excludes halogenated alkanes) is 1. The van der Waals surface area contributed by atoms with Gasteiger partial charge in [-0.2, -0.15) is 0 Å². The van der Waals surface area contributed by atoms with Crippen molar-refractivity contribution < 1.29 is 9.53 Å². The predicted molar refractivity (Wildman–Crippen MR) is 115 cm³/mol. The van der Waals surface area contributed by atoms with Crippen molar-refractivity contribution in [2.24, 2.45) is 0 Å². The Kier molecular flexibility index (Phi) is 13.0. The highest BCUT2D eigenvalue weighted by atomic mass is 16.5. The summed E-state index contributed by atoms with van der Waals surface area (Å²) in [6, 6.07) is 7.74. The van der Waals surface area contributed by atoms with Gasteiger partial charge in [0.25, 0.3) is 0 Å². The molecule has 0 amide bonds. The fourth-order valence-electron chi connectivity index (χ4n) is 3.33. The van der Waals surface area contributed by atoms with Crippen molar-refractivity contribution in [3.63, 3.8) is 0 Å². The van der Waals surface area contributed by atoms with E-state index >= 15 is 0 Å². The molecule has 156 valence electrons. The molecule has 0 radical (unpaired) electrons. The molecule has 0 atom stereocenters. The molecule has 0 aliphatic rings. The molecule has 0 fully saturated rings. The van der Waals surface area contributed by atoms with Gasteiger partial charge in [-0.3, -0.25) is 9.69 Å². The number of hydrogen-bond donors (Lipinski definition) is 0. The first-order valence-electron chi connectivity index (χ1n) is 10.7. The van der Waals surface area contributed by atoms with Crippen LogP contribution in [0.3, 0.4) is 0 Å². The van der Waals surface area contributed by atoms with Crippen LogP contribution in [-0.4, -0.2) is 55.1 Å². The Balaban J connectivity index is 2.53. The van der Waals surface area contributed by atoms with E-state index in [9.17, 15) is 4.79 Å². The third-order valence-electron chi connectivity index (χ3n) is 4.69. The first kappa shape index (κ1) is 24.1. The van der Waals surface area contributed by atoms with Crippen LogP contribution in [0.2, 0.25) is 0 Å². The normalized spacial score (nSPS) is 11.0. The molecule has 0 bridgehead atoms. The Morgan fingerprint density at radius 3 is 2.07 bits per heavy atom. The van der Waals surface area contributed by atoms with Gasteiger partial charge in [0.15, 0.2) is 5.69 Å². The third kappa shape index (κ3) is 10.4. The van der Waals surface area contributed by atoms with Crippen molar-refractivity contribution >= 4 is 11.7 Å². The second-order valence-corrected chi connectivity index (χ2v) is 7.16. The SMILES string of the molecule is [C-]#[N+]c1ccc(CN(CCCCN(CCC)CCC)CCC(=O)OCC)cc1. The van der Waals surface area contributed by atoms with E-state index in [1.165, 1.54) is 37.9 Å². The van der Waals surface area contributed by atoms with Gasteiger partial charge in [-0.1, -0.05) is 38.1 Å². The standard InChI is InChI=1S/C23H37N3O2/c1-5-15-25(16-6-2)17-8-9-18-26(19-14-23(27)28-7-3)20-21-10-12-22(24-4)13-11-21/h10-13H,5-9,14-20H2,1-3H3. The quantitative estimate of drug-likeness (QED) is 0.244. The minimum Gasteiger partial charge on any atom is -0.466 e. The number of rotatable bonds is 15. The Morgan fingerprint density at radius 2 is 1.54 bits per heavy atom. The largest absolute Gasteiger partial charge is 0.466 e. The zero-order chi connectivity index (χ0) is 20.6. The lowest BCUT2D eigenvalue weighted by Crippen LogP contribution is -2.30. The highest BCUT2D eigenvalue weighted by Gasteiger charge is 2.11. The summed E-state index contributed by atoms with van der Waals surface area (Å²) < 4.78 is 5.08. The molecule has 0 saturated heterocycles. The van der Waals surface area contributed by atoms with E-state index in [1.54, 1.807) is 0 Å². The molecule has 0 spiro atoms. The summed E-state index contributed by atoms with van der Waals surface area (Å²) in [5, 5.41) is 0. The zero-order valence-corrected chi connectivity index (χ0v) is 18.0. The Morgan fingerprint density at radius 1 is 0.929 bits per heavy atom. The van der Waals surface area contributed by atoms with E-state index in [4.69, 9.17) is 11.3 Å². The number of esters is 1. The molecule has 28 heavy (non-hydrogen) atoms. The fourth-order valence-corrected chi connectivity index (χ4v) is 3.33. The lowest BCUT2D eigenvalue weighted by molar-refractivity contribution is -0.143. The smallest absolute Gasteiger partial charge is 0.307 e. The van der Waals surface area contributed by atoms with E-state index in [-0.39, 0.29) is 5.97 Å². The van der Waals surface area contributed by atoms with Crippen LogP contribution in [0.5, 0.6) is 0 Å². The van der Waals surface area contributed by atoms with E-state index in [0.29, 0.717) is 25.3 Å². The van der Waals surface area contributed by atoms with Crippen LogP contribution in [0.15, 0.2) is 24.3 Å². The maximum Gasteiger partial charge on any atom is 0.307 e. The van der Waals surface area contributed by atoms with Crippen LogP contribution in [-0.2, 0) is 16.1 Å². The van der Waals surface area contributed by atoms with Gasteiger partial charge in [-0.25, -0.2) is 4.85 Å². The molecule has 0 aliphatic carbocycles. The van der Waals surface area contributed by atoms with Gasteiger partial charge < -0.3 is 9.64 Å². The van der Waals surface area contributed by atoms with E-state index in [1.807, 2.05) is 31.2 Å². The molecule has 1 aromatic rings. The Labute approximate surface area is 171 Å². The average Bonchev–Trinajstić information content (AvgIpc) is 2.70. The lowest BCUT2D eigenvalue weighted by Gasteiger charge is -2.24. The third-order valence-corrected chi connectivity index (χ3v) is 4.69. The van der Waals surface area contributed by atoms with Crippen molar-refractivity contribution in [2.45, 2.75) is 59.4 Å². The highest BCUT2D eigenvalue weighted by Crippen LogP contribution is 2.15. The minimum atomic E-state index is -0.132. The van der Waals surface area contributed by atoms with Gasteiger partial charge in [0.05, 0.1) is 19.6 Å². The second-order valence-electron chi connectivity index (χ2n) is 7.16. The molecular formula is C23H37N3O2. The van der Waals surface area contributed by atoms with Crippen molar-refractivity contribution in [1.29, 1.82) is 0 Å². The van der Waals surface area contributed by atoms with Gasteiger partial charge in [0.1, 0.15) is 0 Å². The highest BCUT2D eigenvalue weighted by molar-refractivity contribution is 5.69. The number of benzene rings is 1. The van der Waals surface area contributed by atoms with Gasteiger partial charge in [-0.15, -0.1) is 0 Å². The first-order valence-corrected chi connectivity index (χ1v) is 10.7. The van der Waals surface area contributed by atoms with Crippen LogP contribution in [0.4, 0.5) is 5.69 Å². The van der Waals surface area contributed by atoms with Crippen LogP contribution >= 0.6 is 0 Å². The van der Waals surface area contributed by atoms with Crippen molar-refractivity contribution in [1.82, 2.24) is 9.80 Å². The van der Waals surface area contributed by atoms with Crippen molar-refractivity contribution in [2.75, 3.05) is 39.3 Å². The molecule has 1 aromatic carbocycles. The van der Waals surface area contributed by atoms with Crippen LogP contribution < -0.4 is 0 Å². The zero-order valence-electron chi connectivity index (χ0n) is 18.0. The topological polar surface area (TPSA) is 37.1 Å². The monoisotopic (exact) mass is 387 g/mol. The molecule has 0 heterocycles. The first-order chi connectivity index (χ1) is 13.6. The second kappa shape index (κ2) is 15.1. The maximum atomic E-state index is 11.8. The van der Waals surface area contributed by atoms with Gasteiger partial charge in [0, 0.05) is 13.1 Å². The fraction of sp³-hybridized carbons (Fsp3) is 0.652. The van der Waals surface area contributed by atoms with Crippen LogP contribution in [0.25, 0.3) is 4.85 Å². The molecule has 0 N–H and O–H groups in total. The van der Waals surface area contributed by atoms with Crippen LogP contribution in [0.1, 0.15) is 58.4 Å². The van der Waals surface area contributed by atoms with E-state index < -0.39 is 0 Å². The van der Waals surface area contributed by atoms with E-state index in [2.05, 4.69) is 28.5 Å². The van der Waals surface area contributed by atoms with Gasteiger partial charge >= 0.3 is 5.97 Å². The van der Waals surface area contributed by atoms with Gasteiger partial charge in [-0.05, 0) is 64.3 Å². The summed E-state index contributed by atoms with van der Waals surface area (Å²) in [7, 11) is 0. The Bertz CT molecular complexity index is 575. The summed E-state index contributed by atoms with van der Waals surface area (Å²) in [5.41, 5.74) is 1.84. The molecule has 0 aromatic heterocycles. The molecule has 0 saturated carbocycles. The molecule has 5 nitrogen and oxygen atoms in total. The molecule has 0 unspecified atom stereocenters. The summed E-state index contributed by atoms with van der Waals surface area (Å²) >= 11 is 0. The number of hydrogen-bond acceptors (Lipinski definition) is 4. The summed E-state index contributed by atoms with van der Waals surface area (Å²) in [6.45, 7) is 19.8. The minimum absolute atomic E-state index is 0.132.